The zero-order valence-electron chi connectivity index (χ0n) is 12.1. The molecule has 2 N–H and O–H groups in total. The van der Waals surface area contributed by atoms with E-state index >= 15 is 0 Å². The summed E-state index contributed by atoms with van der Waals surface area (Å²) in [6.07, 6.45) is 14.4. The second-order valence-corrected chi connectivity index (χ2v) is 6.81. The van der Waals surface area contributed by atoms with Gasteiger partial charge in [0, 0.05) is 11.6 Å². The second-order valence-electron chi connectivity index (χ2n) is 6.81. The predicted molar refractivity (Wildman–Crippen MR) is 76.7 cm³/mol. The van der Waals surface area contributed by atoms with E-state index in [1.165, 1.54) is 70.6 Å². The first-order valence-corrected chi connectivity index (χ1v) is 8.13. The molecule has 0 radical (unpaired) electrons. The topological polar surface area (TPSA) is 32.3 Å². The van der Waals surface area contributed by atoms with E-state index in [0.717, 1.165) is 5.92 Å². The zero-order valence-corrected chi connectivity index (χ0v) is 12.1. The van der Waals surface area contributed by atoms with Gasteiger partial charge in [-0.1, -0.05) is 45.4 Å². The lowest BCUT2D eigenvalue weighted by Gasteiger charge is -2.36. The van der Waals surface area contributed by atoms with Crippen LogP contribution in [0.4, 0.5) is 0 Å². The van der Waals surface area contributed by atoms with E-state index in [2.05, 4.69) is 12.2 Å². The molecule has 0 aromatic heterocycles. The van der Waals surface area contributed by atoms with E-state index in [9.17, 15) is 5.11 Å². The molecule has 2 unspecified atom stereocenters. The SMILES string of the molecule is CC1CCCC(CO)(NC2CCCCCC2)CC1. The van der Waals surface area contributed by atoms with E-state index in [0.29, 0.717) is 12.6 Å². The third-order valence-corrected chi connectivity index (χ3v) is 5.14. The molecule has 0 aromatic rings. The van der Waals surface area contributed by atoms with Crippen molar-refractivity contribution < 1.29 is 5.11 Å². The van der Waals surface area contributed by atoms with Gasteiger partial charge in [0.25, 0.3) is 0 Å². The van der Waals surface area contributed by atoms with Gasteiger partial charge in [-0.05, 0) is 38.0 Å². The smallest absolute Gasteiger partial charge is 0.0613 e. The Bertz CT molecular complexity index is 235. The van der Waals surface area contributed by atoms with Crippen molar-refractivity contribution in [3.8, 4) is 0 Å². The van der Waals surface area contributed by atoms with Crippen LogP contribution in [0.25, 0.3) is 0 Å². The zero-order chi connectivity index (χ0) is 12.8. The minimum atomic E-state index is 0.0414. The quantitative estimate of drug-likeness (QED) is 0.753. The van der Waals surface area contributed by atoms with Crippen LogP contribution >= 0.6 is 0 Å². The number of aliphatic hydroxyl groups excluding tert-OH is 1. The largest absolute Gasteiger partial charge is 0.394 e. The van der Waals surface area contributed by atoms with Crippen LogP contribution < -0.4 is 5.32 Å². The Morgan fingerprint density at radius 3 is 2.33 bits per heavy atom. The molecule has 0 aromatic carbocycles. The molecule has 18 heavy (non-hydrogen) atoms. The maximum Gasteiger partial charge on any atom is 0.0613 e. The maximum absolute atomic E-state index is 9.89. The summed E-state index contributed by atoms with van der Waals surface area (Å²) < 4.78 is 0. The van der Waals surface area contributed by atoms with Crippen LogP contribution in [0.5, 0.6) is 0 Å². The summed E-state index contributed by atoms with van der Waals surface area (Å²) in [6, 6.07) is 0.660. The van der Waals surface area contributed by atoms with Gasteiger partial charge in [-0.15, -0.1) is 0 Å². The summed E-state index contributed by atoms with van der Waals surface area (Å²) in [4.78, 5) is 0. The van der Waals surface area contributed by atoms with Gasteiger partial charge < -0.3 is 10.4 Å². The molecule has 2 heteroatoms. The molecular weight excluding hydrogens is 222 g/mol. The van der Waals surface area contributed by atoms with Crippen molar-refractivity contribution in [1.82, 2.24) is 5.32 Å². The summed E-state index contributed by atoms with van der Waals surface area (Å²) in [7, 11) is 0. The molecule has 2 fully saturated rings. The fourth-order valence-corrected chi connectivity index (χ4v) is 3.79. The van der Waals surface area contributed by atoms with Crippen LogP contribution in [0, 0.1) is 5.92 Å². The highest BCUT2D eigenvalue weighted by atomic mass is 16.3. The summed E-state index contributed by atoms with van der Waals surface area (Å²) in [5, 5.41) is 13.8. The van der Waals surface area contributed by atoms with Gasteiger partial charge >= 0.3 is 0 Å². The Morgan fingerprint density at radius 2 is 1.67 bits per heavy atom. The van der Waals surface area contributed by atoms with Crippen molar-refractivity contribution in [2.45, 2.75) is 89.1 Å². The number of aliphatic hydroxyl groups is 1. The normalized spacial score (nSPS) is 36.0. The minimum absolute atomic E-state index is 0.0414. The third kappa shape index (κ3) is 3.96. The number of nitrogens with one attached hydrogen (secondary N) is 1. The Morgan fingerprint density at radius 1 is 0.944 bits per heavy atom. The highest BCUT2D eigenvalue weighted by molar-refractivity contribution is 4.93. The fraction of sp³-hybridized carbons (Fsp3) is 1.00. The Kier molecular flexibility index (Phi) is 5.50. The van der Waals surface area contributed by atoms with Gasteiger partial charge in [0.15, 0.2) is 0 Å². The molecule has 0 aliphatic heterocycles. The molecule has 2 nitrogen and oxygen atoms in total. The summed E-state index contributed by atoms with van der Waals surface area (Å²) in [6.45, 7) is 2.69. The predicted octanol–water partition coefficient (Wildman–Crippen LogP) is 3.63. The molecule has 2 aliphatic carbocycles. The first-order chi connectivity index (χ1) is 8.74. The molecular formula is C16H31NO. The van der Waals surface area contributed by atoms with Crippen molar-refractivity contribution in [2.75, 3.05) is 6.61 Å². The molecule has 2 saturated carbocycles. The molecule has 0 heterocycles. The first kappa shape index (κ1) is 14.3. The number of hydrogen-bond acceptors (Lipinski definition) is 2. The van der Waals surface area contributed by atoms with Gasteiger partial charge in [-0.3, -0.25) is 0 Å². The van der Waals surface area contributed by atoms with E-state index in [1.807, 2.05) is 0 Å². The molecule has 0 bridgehead atoms. The highest BCUT2D eigenvalue weighted by Gasteiger charge is 2.33. The lowest BCUT2D eigenvalue weighted by atomic mass is 9.88. The van der Waals surface area contributed by atoms with Crippen LogP contribution in [0.2, 0.25) is 0 Å². The highest BCUT2D eigenvalue weighted by Crippen LogP contribution is 2.31. The Balaban J connectivity index is 1.93. The van der Waals surface area contributed by atoms with Crippen LogP contribution in [0.15, 0.2) is 0 Å². The molecule has 0 amide bonds. The van der Waals surface area contributed by atoms with Crippen LogP contribution in [0.1, 0.15) is 77.6 Å². The molecule has 0 saturated heterocycles. The first-order valence-electron chi connectivity index (χ1n) is 8.13. The van der Waals surface area contributed by atoms with Crippen molar-refractivity contribution >= 4 is 0 Å². The van der Waals surface area contributed by atoms with E-state index in [1.54, 1.807) is 0 Å². The van der Waals surface area contributed by atoms with Crippen molar-refractivity contribution in [2.24, 2.45) is 5.92 Å². The van der Waals surface area contributed by atoms with E-state index in [-0.39, 0.29) is 5.54 Å². The lowest BCUT2D eigenvalue weighted by Crippen LogP contribution is -2.52. The molecule has 106 valence electrons. The van der Waals surface area contributed by atoms with Crippen LogP contribution in [-0.4, -0.2) is 23.3 Å². The Labute approximate surface area is 113 Å². The van der Waals surface area contributed by atoms with E-state index in [4.69, 9.17) is 0 Å². The third-order valence-electron chi connectivity index (χ3n) is 5.14. The lowest BCUT2D eigenvalue weighted by molar-refractivity contribution is 0.126. The summed E-state index contributed by atoms with van der Waals surface area (Å²) in [5.41, 5.74) is 0.0414. The van der Waals surface area contributed by atoms with Crippen LogP contribution in [-0.2, 0) is 0 Å². The molecule has 2 aliphatic rings. The van der Waals surface area contributed by atoms with Crippen molar-refractivity contribution in [1.29, 1.82) is 0 Å². The monoisotopic (exact) mass is 253 g/mol. The fourth-order valence-electron chi connectivity index (χ4n) is 3.79. The average Bonchev–Trinajstić information content (AvgIpc) is 2.72. The van der Waals surface area contributed by atoms with Crippen molar-refractivity contribution in [3.63, 3.8) is 0 Å². The van der Waals surface area contributed by atoms with Gasteiger partial charge in [0.2, 0.25) is 0 Å². The second kappa shape index (κ2) is 6.91. The minimum Gasteiger partial charge on any atom is -0.394 e. The van der Waals surface area contributed by atoms with Crippen molar-refractivity contribution in [3.05, 3.63) is 0 Å². The number of rotatable bonds is 3. The number of hydrogen-bond donors (Lipinski definition) is 2. The molecule has 2 atom stereocenters. The molecule has 2 rings (SSSR count). The summed E-state index contributed by atoms with van der Waals surface area (Å²) in [5.74, 6) is 0.842. The summed E-state index contributed by atoms with van der Waals surface area (Å²) >= 11 is 0. The standard InChI is InChI=1S/C16H31NO/c1-14-7-6-11-16(13-18,12-10-14)17-15-8-4-2-3-5-9-15/h14-15,17-18H,2-13H2,1H3. The Hall–Kier alpha value is -0.0800. The van der Waals surface area contributed by atoms with E-state index < -0.39 is 0 Å². The van der Waals surface area contributed by atoms with Gasteiger partial charge in [0.05, 0.1) is 6.61 Å². The van der Waals surface area contributed by atoms with Gasteiger partial charge in [0.1, 0.15) is 0 Å². The molecule has 0 spiro atoms. The van der Waals surface area contributed by atoms with Gasteiger partial charge in [-0.25, -0.2) is 0 Å². The van der Waals surface area contributed by atoms with Gasteiger partial charge in [-0.2, -0.15) is 0 Å². The van der Waals surface area contributed by atoms with Crippen LogP contribution in [0.3, 0.4) is 0 Å². The average molecular weight is 253 g/mol. The maximum atomic E-state index is 9.89.